The third kappa shape index (κ3) is 3.57. The van der Waals surface area contributed by atoms with Gasteiger partial charge in [0.15, 0.2) is 0 Å². The fourth-order valence-corrected chi connectivity index (χ4v) is 1.74. The van der Waals surface area contributed by atoms with Gasteiger partial charge in [0.2, 0.25) is 0 Å². The standard InChI is InChI=1S/C11H19N3O/c1-9(5-7-15-3)11(12-2)10-4-6-13-14-8-10/h4,6,8-9,11-12H,5,7H2,1-3H3. The van der Waals surface area contributed by atoms with Crippen LogP contribution in [-0.4, -0.2) is 31.0 Å². The van der Waals surface area contributed by atoms with Crippen LogP contribution in [0.3, 0.4) is 0 Å². The normalized spacial score (nSPS) is 14.9. The number of rotatable bonds is 6. The Hall–Kier alpha value is -1.00. The maximum absolute atomic E-state index is 5.09. The van der Waals surface area contributed by atoms with Crippen LogP contribution in [0.15, 0.2) is 18.5 Å². The lowest BCUT2D eigenvalue weighted by atomic mass is 9.93. The van der Waals surface area contributed by atoms with Crippen LogP contribution in [0.4, 0.5) is 0 Å². The van der Waals surface area contributed by atoms with E-state index in [0.717, 1.165) is 13.0 Å². The van der Waals surface area contributed by atoms with Crippen molar-refractivity contribution in [2.75, 3.05) is 20.8 Å². The summed E-state index contributed by atoms with van der Waals surface area (Å²) >= 11 is 0. The molecular weight excluding hydrogens is 190 g/mol. The minimum absolute atomic E-state index is 0.315. The predicted octanol–water partition coefficient (Wildman–Crippen LogP) is 1.41. The Morgan fingerprint density at radius 2 is 2.27 bits per heavy atom. The fourth-order valence-electron chi connectivity index (χ4n) is 1.74. The van der Waals surface area contributed by atoms with E-state index in [1.54, 1.807) is 13.3 Å². The van der Waals surface area contributed by atoms with E-state index >= 15 is 0 Å². The van der Waals surface area contributed by atoms with E-state index in [1.165, 1.54) is 5.56 Å². The Morgan fingerprint density at radius 3 is 2.80 bits per heavy atom. The second-order valence-corrected chi connectivity index (χ2v) is 3.70. The molecule has 0 fully saturated rings. The third-order valence-electron chi connectivity index (χ3n) is 2.62. The first-order valence-electron chi connectivity index (χ1n) is 5.22. The summed E-state index contributed by atoms with van der Waals surface area (Å²) in [6.45, 7) is 3.00. The SMILES string of the molecule is CNC(c1ccnnc1)C(C)CCOC. The van der Waals surface area contributed by atoms with Crippen molar-refractivity contribution >= 4 is 0 Å². The molecule has 15 heavy (non-hydrogen) atoms. The van der Waals surface area contributed by atoms with E-state index in [-0.39, 0.29) is 0 Å². The number of hydrogen-bond donors (Lipinski definition) is 1. The zero-order valence-electron chi connectivity index (χ0n) is 9.60. The van der Waals surface area contributed by atoms with Gasteiger partial charge >= 0.3 is 0 Å². The van der Waals surface area contributed by atoms with Crippen LogP contribution >= 0.6 is 0 Å². The number of nitrogens with zero attached hydrogens (tertiary/aromatic N) is 2. The molecule has 1 heterocycles. The van der Waals surface area contributed by atoms with Crippen molar-refractivity contribution in [1.29, 1.82) is 0 Å². The molecule has 4 nitrogen and oxygen atoms in total. The van der Waals surface area contributed by atoms with E-state index in [4.69, 9.17) is 4.74 Å². The zero-order valence-corrected chi connectivity index (χ0v) is 9.60. The van der Waals surface area contributed by atoms with E-state index < -0.39 is 0 Å². The third-order valence-corrected chi connectivity index (χ3v) is 2.62. The van der Waals surface area contributed by atoms with Crippen molar-refractivity contribution in [2.45, 2.75) is 19.4 Å². The van der Waals surface area contributed by atoms with E-state index in [9.17, 15) is 0 Å². The predicted molar refractivity (Wildman–Crippen MR) is 59.5 cm³/mol. The number of hydrogen-bond acceptors (Lipinski definition) is 4. The summed E-state index contributed by atoms with van der Waals surface area (Å²) in [6.07, 6.45) is 4.57. The van der Waals surface area contributed by atoms with Gasteiger partial charge in [-0.2, -0.15) is 10.2 Å². The van der Waals surface area contributed by atoms with Crippen molar-refractivity contribution in [3.63, 3.8) is 0 Å². The van der Waals surface area contributed by atoms with Crippen molar-refractivity contribution < 1.29 is 4.74 Å². The molecule has 1 N–H and O–H groups in total. The largest absolute Gasteiger partial charge is 0.385 e. The molecule has 0 aliphatic carbocycles. The minimum Gasteiger partial charge on any atom is -0.385 e. The van der Waals surface area contributed by atoms with Crippen LogP contribution in [0.25, 0.3) is 0 Å². The topological polar surface area (TPSA) is 47.0 Å². The van der Waals surface area contributed by atoms with Crippen LogP contribution in [0.5, 0.6) is 0 Å². The molecular formula is C11H19N3O. The Labute approximate surface area is 91.1 Å². The molecule has 4 heteroatoms. The Bertz CT molecular complexity index is 266. The summed E-state index contributed by atoms with van der Waals surface area (Å²) in [5.41, 5.74) is 1.18. The molecule has 1 rings (SSSR count). The van der Waals surface area contributed by atoms with Crippen molar-refractivity contribution in [3.8, 4) is 0 Å². The first kappa shape index (κ1) is 12.1. The van der Waals surface area contributed by atoms with Crippen molar-refractivity contribution in [2.24, 2.45) is 5.92 Å². The fraction of sp³-hybridized carbons (Fsp3) is 0.636. The smallest absolute Gasteiger partial charge is 0.0544 e. The van der Waals surface area contributed by atoms with Crippen molar-refractivity contribution in [3.05, 3.63) is 24.0 Å². The molecule has 0 aromatic carbocycles. The molecule has 0 spiro atoms. The molecule has 0 radical (unpaired) electrons. The molecule has 0 saturated heterocycles. The van der Waals surface area contributed by atoms with Gasteiger partial charge in [0.05, 0.1) is 6.20 Å². The molecule has 2 unspecified atom stereocenters. The van der Waals surface area contributed by atoms with Gasteiger partial charge in [0.1, 0.15) is 0 Å². The molecule has 1 aromatic rings. The lowest BCUT2D eigenvalue weighted by Crippen LogP contribution is -2.24. The summed E-state index contributed by atoms with van der Waals surface area (Å²) in [4.78, 5) is 0. The lowest BCUT2D eigenvalue weighted by Gasteiger charge is -2.23. The van der Waals surface area contributed by atoms with Gasteiger partial charge in [-0.3, -0.25) is 0 Å². The van der Waals surface area contributed by atoms with Gasteiger partial charge in [0.25, 0.3) is 0 Å². The highest BCUT2D eigenvalue weighted by Gasteiger charge is 2.17. The first-order valence-corrected chi connectivity index (χ1v) is 5.22. The molecule has 0 saturated carbocycles. The molecule has 0 aliphatic heterocycles. The van der Waals surface area contributed by atoms with E-state index in [2.05, 4.69) is 22.4 Å². The molecule has 0 amide bonds. The van der Waals surface area contributed by atoms with E-state index in [0.29, 0.717) is 12.0 Å². The average molecular weight is 209 g/mol. The van der Waals surface area contributed by atoms with Crippen LogP contribution in [-0.2, 0) is 4.74 Å². The zero-order chi connectivity index (χ0) is 11.1. The Balaban J connectivity index is 2.63. The van der Waals surface area contributed by atoms with Gasteiger partial charge in [-0.15, -0.1) is 0 Å². The number of methoxy groups -OCH3 is 1. The monoisotopic (exact) mass is 209 g/mol. The highest BCUT2D eigenvalue weighted by molar-refractivity contribution is 5.12. The highest BCUT2D eigenvalue weighted by Crippen LogP contribution is 2.22. The average Bonchev–Trinajstić information content (AvgIpc) is 2.29. The molecule has 1 aromatic heterocycles. The van der Waals surface area contributed by atoms with Crippen LogP contribution < -0.4 is 5.32 Å². The second kappa shape index (κ2) is 6.48. The summed E-state index contributed by atoms with van der Waals surface area (Å²) in [5, 5.41) is 11.0. The molecule has 2 atom stereocenters. The highest BCUT2D eigenvalue weighted by atomic mass is 16.5. The van der Waals surface area contributed by atoms with Gasteiger partial charge in [-0.1, -0.05) is 6.92 Å². The lowest BCUT2D eigenvalue weighted by molar-refractivity contribution is 0.171. The van der Waals surface area contributed by atoms with Gasteiger partial charge < -0.3 is 10.1 Å². The van der Waals surface area contributed by atoms with Crippen LogP contribution in [0.1, 0.15) is 24.9 Å². The molecule has 84 valence electrons. The first-order chi connectivity index (χ1) is 7.29. The van der Waals surface area contributed by atoms with Gasteiger partial charge in [-0.25, -0.2) is 0 Å². The summed E-state index contributed by atoms with van der Waals surface area (Å²) in [5.74, 6) is 0.513. The van der Waals surface area contributed by atoms with Gasteiger partial charge in [-0.05, 0) is 31.0 Å². The Morgan fingerprint density at radius 1 is 1.47 bits per heavy atom. The minimum atomic E-state index is 0.315. The van der Waals surface area contributed by atoms with Crippen LogP contribution in [0.2, 0.25) is 0 Å². The Kier molecular flexibility index (Phi) is 5.21. The van der Waals surface area contributed by atoms with Crippen LogP contribution in [0, 0.1) is 5.92 Å². The number of nitrogens with one attached hydrogen (secondary N) is 1. The number of ether oxygens (including phenoxy) is 1. The van der Waals surface area contributed by atoms with Crippen molar-refractivity contribution in [1.82, 2.24) is 15.5 Å². The van der Waals surface area contributed by atoms with E-state index in [1.807, 2.05) is 19.3 Å². The maximum Gasteiger partial charge on any atom is 0.0544 e. The summed E-state index contributed by atoms with van der Waals surface area (Å²) in [6, 6.07) is 2.31. The quantitative estimate of drug-likeness (QED) is 0.769. The molecule has 0 aliphatic rings. The van der Waals surface area contributed by atoms with Gasteiger partial charge in [0, 0.05) is 26.0 Å². The summed E-state index contributed by atoms with van der Waals surface area (Å²) < 4.78 is 5.09. The maximum atomic E-state index is 5.09. The second-order valence-electron chi connectivity index (χ2n) is 3.70. The molecule has 0 bridgehead atoms. The number of aromatic nitrogens is 2. The summed E-state index contributed by atoms with van der Waals surface area (Å²) in [7, 11) is 3.70.